The molecule has 2 fully saturated rings. The van der Waals surface area contributed by atoms with Gasteiger partial charge in [0.2, 0.25) is 11.8 Å². The Bertz CT molecular complexity index is 590. The van der Waals surface area contributed by atoms with Gasteiger partial charge in [-0.3, -0.25) is 14.5 Å². The number of hydrogen-bond donors (Lipinski definition) is 0. The van der Waals surface area contributed by atoms with E-state index in [1.807, 2.05) is 28.0 Å². The molecule has 136 valence electrons. The van der Waals surface area contributed by atoms with E-state index in [-0.39, 0.29) is 11.8 Å². The highest BCUT2D eigenvalue weighted by Gasteiger charge is 2.35. The van der Waals surface area contributed by atoms with E-state index in [1.54, 1.807) is 0 Å². The van der Waals surface area contributed by atoms with E-state index in [0.29, 0.717) is 44.7 Å². The lowest BCUT2D eigenvalue weighted by molar-refractivity contribution is -0.141. The van der Waals surface area contributed by atoms with Crippen LogP contribution >= 0.6 is 0 Å². The Hall–Kier alpha value is -1.88. The Morgan fingerprint density at radius 1 is 1.04 bits per heavy atom. The van der Waals surface area contributed by atoms with Crippen molar-refractivity contribution in [1.29, 1.82) is 0 Å². The van der Waals surface area contributed by atoms with Gasteiger partial charge < -0.3 is 9.80 Å². The van der Waals surface area contributed by atoms with Crippen LogP contribution in [-0.2, 0) is 16.1 Å². The van der Waals surface area contributed by atoms with Crippen LogP contribution in [0.15, 0.2) is 30.3 Å². The van der Waals surface area contributed by atoms with Gasteiger partial charge in [0.05, 0.1) is 6.54 Å². The molecule has 25 heavy (non-hydrogen) atoms. The summed E-state index contributed by atoms with van der Waals surface area (Å²) >= 11 is 0. The summed E-state index contributed by atoms with van der Waals surface area (Å²) in [6.45, 7) is 8.16. The number of carbonyl (C=O) groups excluding carboxylic acids is 2. The predicted octanol–water partition coefficient (Wildman–Crippen LogP) is 1.98. The van der Waals surface area contributed by atoms with Gasteiger partial charge in [-0.1, -0.05) is 30.3 Å². The molecule has 1 saturated carbocycles. The molecule has 5 heteroatoms. The van der Waals surface area contributed by atoms with Crippen LogP contribution < -0.4 is 0 Å². The smallest absolute Gasteiger partial charge is 0.236 e. The lowest BCUT2D eigenvalue weighted by atomic mass is 10.2. The minimum atomic E-state index is 0.170. The Kier molecular flexibility index (Phi) is 5.74. The van der Waals surface area contributed by atoms with Crippen LogP contribution in [0.4, 0.5) is 0 Å². The molecule has 0 aromatic heterocycles. The SMILES string of the molecule is CC(C)N(CC(=O)N1CCN(C(=O)C2CC2)CC1)Cc1ccccc1. The average Bonchev–Trinajstić information content (AvgIpc) is 3.46. The Labute approximate surface area is 150 Å². The standard InChI is InChI=1S/C20H29N3O2/c1-16(2)23(14-17-6-4-3-5-7-17)15-19(24)21-10-12-22(13-11-21)20(25)18-8-9-18/h3-7,16,18H,8-15H2,1-2H3. The maximum Gasteiger partial charge on any atom is 0.236 e. The fourth-order valence-electron chi connectivity index (χ4n) is 3.28. The van der Waals surface area contributed by atoms with Crippen molar-refractivity contribution in [3.63, 3.8) is 0 Å². The number of nitrogens with zero attached hydrogens (tertiary/aromatic N) is 3. The third-order valence-corrected chi connectivity index (χ3v) is 5.17. The summed E-state index contributed by atoms with van der Waals surface area (Å²) in [6.07, 6.45) is 2.08. The first kappa shape index (κ1) is 17.9. The third kappa shape index (κ3) is 4.82. The highest BCUT2D eigenvalue weighted by molar-refractivity contribution is 5.82. The molecule has 1 heterocycles. The fourth-order valence-corrected chi connectivity index (χ4v) is 3.28. The Balaban J connectivity index is 1.50. The summed E-state index contributed by atoms with van der Waals surface area (Å²) in [4.78, 5) is 30.9. The molecule has 0 atom stereocenters. The fraction of sp³-hybridized carbons (Fsp3) is 0.600. The molecule has 0 radical (unpaired) electrons. The number of benzene rings is 1. The van der Waals surface area contributed by atoms with Crippen LogP contribution in [0.5, 0.6) is 0 Å². The van der Waals surface area contributed by atoms with Crippen LogP contribution in [0.2, 0.25) is 0 Å². The zero-order valence-corrected chi connectivity index (χ0v) is 15.4. The lowest BCUT2D eigenvalue weighted by Gasteiger charge is -2.36. The largest absolute Gasteiger partial charge is 0.339 e. The normalized spacial score (nSPS) is 18.1. The van der Waals surface area contributed by atoms with Gasteiger partial charge in [0.25, 0.3) is 0 Å². The molecule has 0 unspecified atom stereocenters. The van der Waals surface area contributed by atoms with E-state index < -0.39 is 0 Å². The first-order valence-corrected chi connectivity index (χ1v) is 9.39. The zero-order chi connectivity index (χ0) is 17.8. The molecule has 0 bridgehead atoms. The van der Waals surface area contributed by atoms with Crippen molar-refractivity contribution < 1.29 is 9.59 Å². The molecule has 0 spiro atoms. The van der Waals surface area contributed by atoms with E-state index in [9.17, 15) is 9.59 Å². The maximum atomic E-state index is 12.7. The van der Waals surface area contributed by atoms with Crippen LogP contribution in [0, 0.1) is 5.92 Å². The van der Waals surface area contributed by atoms with Gasteiger partial charge in [0.1, 0.15) is 0 Å². The van der Waals surface area contributed by atoms with Crippen LogP contribution in [0.3, 0.4) is 0 Å². The van der Waals surface area contributed by atoms with Crippen molar-refractivity contribution >= 4 is 11.8 Å². The summed E-state index contributed by atoms with van der Waals surface area (Å²) in [7, 11) is 0. The number of piperazine rings is 1. The van der Waals surface area contributed by atoms with Crippen molar-refractivity contribution in [2.75, 3.05) is 32.7 Å². The van der Waals surface area contributed by atoms with Crippen LogP contribution in [-0.4, -0.2) is 65.3 Å². The number of rotatable bonds is 6. The molecular weight excluding hydrogens is 314 g/mol. The highest BCUT2D eigenvalue weighted by Crippen LogP contribution is 2.31. The van der Waals surface area contributed by atoms with E-state index in [0.717, 1.165) is 19.4 Å². The monoisotopic (exact) mass is 343 g/mol. The molecule has 3 rings (SSSR count). The molecule has 5 nitrogen and oxygen atoms in total. The zero-order valence-electron chi connectivity index (χ0n) is 15.4. The van der Waals surface area contributed by atoms with Gasteiger partial charge in [0.15, 0.2) is 0 Å². The van der Waals surface area contributed by atoms with E-state index in [2.05, 4.69) is 30.9 Å². The molecule has 0 N–H and O–H groups in total. The van der Waals surface area contributed by atoms with Gasteiger partial charge >= 0.3 is 0 Å². The summed E-state index contributed by atoms with van der Waals surface area (Å²) < 4.78 is 0. The molecule has 1 aromatic carbocycles. The number of hydrogen-bond acceptors (Lipinski definition) is 3. The van der Waals surface area contributed by atoms with Crippen molar-refractivity contribution in [2.24, 2.45) is 5.92 Å². The minimum Gasteiger partial charge on any atom is -0.339 e. The maximum absolute atomic E-state index is 12.7. The van der Waals surface area contributed by atoms with Gasteiger partial charge in [-0.05, 0) is 32.3 Å². The third-order valence-electron chi connectivity index (χ3n) is 5.17. The summed E-state index contributed by atoms with van der Waals surface area (Å²) in [5.74, 6) is 0.729. The van der Waals surface area contributed by atoms with Gasteiger partial charge in [-0.25, -0.2) is 0 Å². The topological polar surface area (TPSA) is 43.9 Å². The molecule has 1 aromatic rings. The predicted molar refractivity (Wildman–Crippen MR) is 97.9 cm³/mol. The number of carbonyl (C=O) groups is 2. The van der Waals surface area contributed by atoms with Crippen molar-refractivity contribution in [2.45, 2.75) is 39.3 Å². The summed E-state index contributed by atoms with van der Waals surface area (Å²) in [6, 6.07) is 10.6. The second kappa shape index (κ2) is 8.00. The minimum absolute atomic E-state index is 0.170. The second-order valence-electron chi connectivity index (χ2n) is 7.46. The van der Waals surface area contributed by atoms with Gasteiger partial charge in [0, 0.05) is 44.7 Å². The molecule has 2 aliphatic rings. The summed E-state index contributed by atoms with van der Waals surface area (Å²) in [5.41, 5.74) is 1.23. The Morgan fingerprint density at radius 2 is 1.64 bits per heavy atom. The first-order valence-electron chi connectivity index (χ1n) is 9.39. The molecule has 1 aliphatic heterocycles. The van der Waals surface area contributed by atoms with Crippen molar-refractivity contribution in [3.8, 4) is 0 Å². The molecule has 1 aliphatic carbocycles. The van der Waals surface area contributed by atoms with Crippen LogP contribution in [0.25, 0.3) is 0 Å². The van der Waals surface area contributed by atoms with Crippen LogP contribution in [0.1, 0.15) is 32.3 Å². The molecule has 1 saturated heterocycles. The number of amides is 2. The highest BCUT2D eigenvalue weighted by atomic mass is 16.2. The molecular formula is C20H29N3O2. The second-order valence-corrected chi connectivity index (χ2v) is 7.46. The van der Waals surface area contributed by atoms with Gasteiger partial charge in [-0.2, -0.15) is 0 Å². The van der Waals surface area contributed by atoms with Crippen molar-refractivity contribution in [1.82, 2.24) is 14.7 Å². The van der Waals surface area contributed by atoms with E-state index in [4.69, 9.17) is 0 Å². The first-order chi connectivity index (χ1) is 12.0. The van der Waals surface area contributed by atoms with E-state index in [1.165, 1.54) is 5.56 Å². The van der Waals surface area contributed by atoms with E-state index >= 15 is 0 Å². The average molecular weight is 343 g/mol. The lowest BCUT2D eigenvalue weighted by Crippen LogP contribution is -2.53. The summed E-state index contributed by atoms with van der Waals surface area (Å²) in [5, 5.41) is 0. The van der Waals surface area contributed by atoms with Gasteiger partial charge in [-0.15, -0.1) is 0 Å². The quantitative estimate of drug-likeness (QED) is 0.793. The molecule has 2 amide bonds. The van der Waals surface area contributed by atoms with Crippen molar-refractivity contribution in [3.05, 3.63) is 35.9 Å². The Morgan fingerprint density at radius 3 is 2.20 bits per heavy atom.